The summed E-state index contributed by atoms with van der Waals surface area (Å²) in [6.07, 6.45) is 1.31. The van der Waals surface area contributed by atoms with Crippen LogP contribution in [0, 0.1) is 0 Å². The van der Waals surface area contributed by atoms with Gasteiger partial charge in [0.2, 0.25) is 0 Å². The van der Waals surface area contributed by atoms with E-state index >= 15 is 0 Å². The zero-order chi connectivity index (χ0) is 24.1. The number of nitrogens with one attached hydrogen (secondary N) is 1. The summed E-state index contributed by atoms with van der Waals surface area (Å²) >= 11 is 0. The van der Waals surface area contributed by atoms with Crippen LogP contribution in [0.5, 0.6) is 11.5 Å². The maximum Gasteiger partial charge on any atom is 0.337 e. The SMILES string of the molecule is CCOc1cc(/C=C2\C(=O)NC(=O)N(c3ccc(C(=O)OC)cc3)C2=O)ccc1OC(C)C. The minimum absolute atomic E-state index is 0.0655. The van der Waals surface area contributed by atoms with E-state index in [4.69, 9.17) is 9.47 Å². The summed E-state index contributed by atoms with van der Waals surface area (Å²) in [5, 5.41) is 2.17. The van der Waals surface area contributed by atoms with Gasteiger partial charge >= 0.3 is 12.0 Å². The van der Waals surface area contributed by atoms with Crippen LogP contribution in [0.3, 0.4) is 0 Å². The summed E-state index contributed by atoms with van der Waals surface area (Å²) in [4.78, 5) is 50.4. The van der Waals surface area contributed by atoms with E-state index in [-0.39, 0.29) is 22.9 Å². The van der Waals surface area contributed by atoms with Crippen molar-refractivity contribution in [3.8, 4) is 11.5 Å². The van der Waals surface area contributed by atoms with Crippen LogP contribution in [0.1, 0.15) is 36.7 Å². The monoisotopic (exact) mass is 452 g/mol. The van der Waals surface area contributed by atoms with Gasteiger partial charge in [0.15, 0.2) is 11.5 Å². The van der Waals surface area contributed by atoms with Crippen LogP contribution in [-0.2, 0) is 14.3 Å². The Kier molecular flexibility index (Phi) is 7.12. The van der Waals surface area contributed by atoms with Gasteiger partial charge in [-0.2, -0.15) is 0 Å². The number of benzene rings is 2. The molecule has 172 valence electrons. The van der Waals surface area contributed by atoms with Gasteiger partial charge in [-0.15, -0.1) is 0 Å². The summed E-state index contributed by atoms with van der Waals surface area (Å²) in [5.74, 6) is -1.16. The molecule has 0 saturated carbocycles. The van der Waals surface area contributed by atoms with Crippen LogP contribution >= 0.6 is 0 Å². The number of rotatable bonds is 7. The van der Waals surface area contributed by atoms with Gasteiger partial charge in [-0.05, 0) is 68.8 Å². The van der Waals surface area contributed by atoms with E-state index in [2.05, 4.69) is 10.1 Å². The predicted molar refractivity (Wildman–Crippen MR) is 120 cm³/mol. The first kappa shape index (κ1) is 23.5. The Bertz CT molecular complexity index is 1120. The molecular weight excluding hydrogens is 428 g/mol. The van der Waals surface area contributed by atoms with E-state index in [1.165, 1.54) is 37.5 Å². The molecule has 0 bridgehead atoms. The van der Waals surface area contributed by atoms with Gasteiger partial charge in [0.1, 0.15) is 5.57 Å². The Morgan fingerprint density at radius 2 is 1.76 bits per heavy atom. The summed E-state index contributed by atoms with van der Waals surface area (Å²) in [7, 11) is 1.25. The lowest BCUT2D eigenvalue weighted by atomic mass is 10.1. The predicted octanol–water partition coefficient (Wildman–Crippen LogP) is 3.33. The lowest BCUT2D eigenvalue weighted by Crippen LogP contribution is -2.54. The number of barbiturate groups is 1. The molecule has 0 aromatic heterocycles. The molecule has 4 amide bonds. The van der Waals surface area contributed by atoms with Crippen molar-refractivity contribution < 1.29 is 33.4 Å². The second kappa shape index (κ2) is 9.99. The molecule has 2 aromatic rings. The number of hydrogen-bond donors (Lipinski definition) is 1. The van der Waals surface area contributed by atoms with Crippen LogP contribution in [0.15, 0.2) is 48.0 Å². The highest BCUT2D eigenvalue weighted by Crippen LogP contribution is 2.31. The van der Waals surface area contributed by atoms with Crippen molar-refractivity contribution in [2.45, 2.75) is 26.9 Å². The molecule has 33 heavy (non-hydrogen) atoms. The van der Waals surface area contributed by atoms with Crippen LogP contribution in [0.25, 0.3) is 6.08 Å². The minimum Gasteiger partial charge on any atom is -0.490 e. The van der Waals surface area contributed by atoms with E-state index in [1.807, 2.05) is 20.8 Å². The van der Waals surface area contributed by atoms with Crippen molar-refractivity contribution in [2.75, 3.05) is 18.6 Å². The quantitative estimate of drug-likeness (QED) is 0.390. The molecule has 0 unspecified atom stereocenters. The number of imide groups is 2. The fourth-order valence-electron chi connectivity index (χ4n) is 3.16. The number of amides is 4. The number of carbonyl (C=O) groups is 4. The lowest BCUT2D eigenvalue weighted by molar-refractivity contribution is -0.122. The molecule has 1 N–H and O–H groups in total. The Labute approximate surface area is 190 Å². The summed E-state index contributed by atoms with van der Waals surface area (Å²) in [5.41, 5.74) is 0.736. The van der Waals surface area contributed by atoms with E-state index in [9.17, 15) is 19.2 Å². The molecule has 3 rings (SSSR count). The summed E-state index contributed by atoms with van der Waals surface area (Å²) in [6.45, 7) is 6.01. The molecule has 0 spiro atoms. The van der Waals surface area contributed by atoms with E-state index in [0.717, 1.165) is 4.90 Å². The van der Waals surface area contributed by atoms with Crippen LogP contribution in [0.2, 0.25) is 0 Å². The number of carbonyl (C=O) groups excluding carboxylic acids is 4. The molecule has 0 atom stereocenters. The highest BCUT2D eigenvalue weighted by atomic mass is 16.5. The van der Waals surface area contributed by atoms with Gasteiger partial charge in [-0.1, -0.05) is 6.07 Å². The third-order valence-electron chi connectivity index (χ3n) is 4.59. The number of hydrogen-bond acceptors (Lipinski definition) is 7. The molecule has 1 saturated heterocycles. The van der Waals surface area contributed by atoms with Gasteiger partial charge in [-0.3, -0.25) is 14.9 Å². The van der Waals surface area contributed by atoms with Crippen LogP contribution in [0.4, 0.5) is 10.5 Å². The topological polar surface area (TPSA) is 111 Å². The molecule has 1 heterocycles. The molecule has 0 aliphatic carbocycles. The minimum atomic E-state index is -0.886. The Hall–Kier alpha value is -4.14. The number of ether oxygens (including phenoxy) is 3. The van der Waals surface area contributed by atoms with Crippen LogP contribution in [-0.4, -0.2) is 43.6 Å². The first-order valence-corrected chi connectivity index (χ1v) is 10.3. The summed E-state index contributed by atoms with van der Waals surface area (Å²) < 4.78 is 16.0. The number of methoxy groups -OCH3 is 1. The first-order chi connectivity index (χ1) is 15.7. The highest BCUT2D eigenvalue weighted by Gasteiger charge is 2.36. The molecule has 0 radical (unpaired) electrons. The molecule has 2 aromatic carbocycles. The third-order valence-corrected chi connectivity index (χ3v) is 4.59. The normalized spacial score (nSPS) is 15.0. The zero-order valence-corrected chi connectivity index (χ0v) is 18.7. The molecule has 9 nitrogen and oxygen atoms in total. The Morgan fingerprint density at radius 1 is 1.06 bits per heavy atom. The zero-order valence-electron chi connectivity index (χ0n) is 18.7. The lowest BCUT2D eigenvalue weighted by Gasteiger charge is -2.26. The van der Waals surface area contributed by atoms with Gasteiger partial charge in [0, 0.05) is 0 Å². The van der Waals surface area contributed by atoms with Crippen LogP contribution < -0.4 is 19.7 Å². The first-order valence-electron chi connectivity index (χ1n) is 10.3. The molecule has 1 aliphatic heterocycles. The third kappa shape index (κ3) is 5.20. The molecule has 9 heteroatoms. The maximum absolute atomic E-state index is 13.1. The number of esters is 1. The van der Waals surface area contributed by atoms with Gasteiger partial charge in [0.25, 0.3) is 11.8 Å². The second-order valence-corrected chi connectivity index (χ2v) is 7.30. The number of urea groups is 1. The fourth-order valence-corrected chi connectivity index (χ4v) is 3.16. The van der Waals surface area contributed by atoms with Crippen molar-refractivity contribution >= 4 is 35.6 Å². The van der Waals surface area contributed by atoms with Crippen molar-refractivity contribution in [1.29, 1.82) is 0 Å². The van der Waals surface area contributed by atoms with Crippen molar-refractivity contribution in [1.82, 2.24) is 5.32 Å². The van der Waals surface area contributed by atoms with Gasteiger partial charge in [-0.25, -0.2) is 14.5 Å². The van der Waals surface area contributed by atoms with Crippen molar-refractivity contribution in [2.24, 2.45) is 0 Å². The molecular formula is C24H24N2O7. The fraction of sp³-hybridized carbons (Fsp3) is 0.250. The Morgan fingerprint density at radius 3 is 2.36 bits per heavy atom. The number of nitrogens with zero attached hydrogens (tertiary/aromatic N) is 1. The smallest absolute Gasteiger partial charge is 0.337 e. The Balaban J connectivity index is 1.95. The van der Waals surface area contributed by atoms with Crippen molar-refractivity contribution in [3.63, 3.8) is 0 Å². The average molecular weight is 452 g/mol. The second-order valence-electron chi connectivity index (χ2n) is 7.30. The largest absolute Gasteiger partial charge is 0.490 e. The van der Waals surface area contributed by atoms with Crippen molar-refractivity contribution in [3.05, 3.63) is 59.2 Å². The van der Waals surface area contributed by atoms with E-state index < -0.39 is 23.8 Å². The summed E-state index contributed by atoms with van der Waals surface area (Å²) in [6, 6.07) is 9.82. The molecule has 1 aliphatic rings. The highest BCUT2D eigenvalue weighted by molar-refractivity contribution is 6.39. The number of anilines is 1. The molecule has 1 fully saturated rings. The standard InChI is InChI=1S/C24H24N2O7/c1-5-32-20-13-15(6-11-19(20)33-14(2)3)12-18-21(27)25-24(30)26(22(18)28)17-9-7-16(8-10-17)23(29)31-4/h6-14H,5H2,1-4H3,(H,25,27,30)/b18-12+. The van der Waals surface area contributed by atoms with Gasteiger partial charge < -0.3 is 14.2 Å². The van der Waals surface area contributed by atoms with E-state index in [1.54, 1.807) is 18.2 Å². The van der Waals surface area contributed by atoms with E-state index in [0.29, 0.717) is 23.7 Å². The average Bonchev–Trinajstić information content (AvgIpc) is 2.78. The van der Waals surface area contributed by atoms with Gasteiger partial charge in [0.05, 0.1) is 31.1 Å². The maximum atomic E-state index is 13.1.